The highest BCUT2D eigenvalue weighted by atomic mass is 16.3. The minimum absolute atomic E-state index is 0.0632. The molecule has 0 saturated heterocycles. The normalized spacial score (nSPS) is 17.2. The van der Waals surface area contributed by atoms with Gasteiger partial charge in [-0.3, -0.25) is 4.79 Å². The molecule has 1 aliphatic carbocycles. The van der Waals surface area contributed by atoms with E-state index in [0.717, 1.165) is 23.9 Å². The van der Waals surface area contributed by atoms with Crippen molar-refractivity contribution in [2.45, 2.75) is 38.1 Å². The van der Waals surface area contributed by atoms with E-state index >= 15 is 0 Å². The van der Waals surface area contributed by atoms with E-state index < -0.39 is 0 Å². The summed E-state index contributed by atoms with van der Waals surface area (Å²) in [5.41, 5.74) is 2.25. The van der Waals surface area contributed by atoms with Crippen molar-refractivity contribution < 1.29 is 9.21 Å². The lowest BCUT2D eigenvalue weighted by atomic mass is 9.94. The van der Waals surface area contributed by atoms with E-state index in [1.807, 2.05) is 18.0 Å². The first-order chi connectivity index (χ1) is 8.75. The van der Waals surface area contributed by atoms with Crippen molar-refractivity contribution in [2.75, 3.05) is 7.05 Å². The molecule has 4 heteroatoms. The predicted molar refractivity (Wildman–Crippen MR) is 69.5 cm³/mol. The molecule has 4 nitrogen and oxygen atoms in total. The Morgan fingerprint density at radius 1 is 1.39 bits per heavy atom. The highest BCUT2D eigenvalue weighted by Gasteiger charge is 2.24. The van der Waals surface area contributed by atoms with E-state index in [0.29, 0.717) is 11.7 Å². The summed E-state index contributed by atoms with van der Waals surface area (Å²) in [5.74, 6) is 0.0632. The number of hydrogen-bond acceptors (Lipinski definition) is 2. The number of hydrogen-bond donors (Lipinski definition) is 1. The van der Waals surface area contributed by atoms with Crippen LogP contribution in [0, 0.1) is 0 Å². The quantitative estimate of drug-likeness (QED) is 0.884. The van der Waals surface area contributed by atoms with Gasteiger partial charge in [0.05, 0.1) is 11.8 Å². The fourth-order valence-corrected chi connectivity index (χ4v) is 2.79. The topological polar surface area (TPSA) is 49.2 Å². The number of nitrogens with zero attached hydrogens (tertiary/aromatic N) is 1. The monoisotopic (exact) mass is 246 g/mol. The molecule has 1 aliphatic rings. The summed E-state index contributed by atoms with van der Waals surface area (Å²) < 4.78 is 5.27. The van der Waals surface area contributed by atoms with E-state index in [2.05, 4.69) is 4.98 Å². The molecule has 1 amide bonds. The molecule has 1 N–H and O–H groups in total. The van der Waals surface area contributed by atoms with Gasteiger partial charge in [0.15, 0.2) is 5.58 Å². The number of fused-ring (bicyclic) bond motifs is 1. The molecule has 1 saturated carbocycles. The summed E-state index contributed by atoms with van der Waals surface area (Å²) >= 11 is 0. The number of rotatable bonds is 2. The van der Waals surface area contributed by atoms with Gasteiger partial charge < -0.3 is 14.3 Å². The fraction of sp³-hybridized carbons (Fsp3) is 0.500. The van der Waals surface area contributed by atoms with E-state index in [-0.39, 0.29) is 5.91 Å². The van der Waals surface area contributed by atoms with E-state index in [4.69, 9.17) is 4.42 Å². The van der Waals surface area contributed by atoms with Gasteiger partial charge in [0.1, 0.15) is 5.69 Å². The third kappa shape index (κ3) is 1.92. The molecule has 0 atom stereocenters. The van der Waals surface area contributed by atoms with Crippen molar-refractivity contribution in [2.24, 2.45) is 0 Å². The van der Waals surface area contributed by atoms with Gasteiger partial charge in [-0.2, -0.15) is 0 Å². The second kappa shape index (κ2) is 4.52. The molecule has 0 aromatic carbocycles. The second-order valence-corrected chi connectivity index (χ2v) is 5.09. The van der Waals surface area contributed by atoms with Gasteiger partial charge in [-0.1, -0.05) is 19.3 Å². The molecular formula is C14H18N2O2. The van der Waals surface area contributed by atoms with Gasteiger partial charge in [-0.05, 0) is 12.8 Å². The third-order valence-corrected chi connectivity index (χ3v) is 3.91. The summed E-state index contributed by atoms with van der Waals surface area (Å²) in [7, 11) is 1.90. The standard InChI is InChI=1S/C14H18N2O2/c1-16(10-5-3-2-4-6-10)14(17)12-9-13-11(15-12)7-8-18-13/h7-10,15H,2-6H2,1H3. The number of aromatic nitrogens is 1. The van der Waals surface area contributed by atoms with Gasteiger partial charge in [-0.25, -0.2) is 0 Å². The van der Waals surface area contributed by atoms with Crippen LogP contribution in [0.4, 0.5) is 0 Å². The number of aromatic amines is 1. The predicted octanol–water partition coefficient (Wildman–Crippen LogP) is 3.17. The highest BCUT2D eigenvalue weighted by molar-refractivity contribution is 5.96. The Morgan fingerprint density at radius 3 is 2.89 bits per heavy atom. The van der Waals surface area contributed by atoms with Crippen LogP contribution in [0.25, 0.3) is 11.1 Å². The fourth-order valence-electron chi connectivity index (χ4n) is 2.79. The Kier molecular flexibility index (Phi) is 2.86. The van der Waals surface area contributed by atoms with Crippen LogP contribution in [0.1, 0.15) is 42.6 Å². The molecular weight excluding hydrogens is 228 g/mol. The number of carbonyl (C=O) groups is 1. The number of nitrogens with one attached hydrogen (secondary N) is 1. The first-order valence-corrected chi connectivity index (χ1v) is 6.59. The lowest BCUT2D eigenvalue weighted by Crippen LogP contribution is -2.38. The molecule has 3 rings (SSSR count). The van der Waals surface area contributed by atoms with E-state index in [9.17, 15) is 4.79 Å². The molecule has 96 valence electrons. The molecule has 0 unspecified atom stereocenters. The summed E-state index contributed by atoms with van der Waals surface area (Å²) in [6.07, 6.45) is 7.64. The van der Waals surface area contributed by atoms with Crippen molar-refractivity contribution in [1.29, 1.82) is 0 Å². The Bertz CT molecular complexity index is 520. The number of H-pyrrole nitrogens is 1. The Labute approximate surface area is 106 Å². The zero-order valence-electron chi connectivity index (χ0n) is 10.6. The zero-order chi connectivity index (χ0) is 12.5. The van der Waals surface area contributed by atoms with Crippen LogP contribution in [-0.4, -0.2) is 28.9 Å². The highest BCUT2D eigenvalue weighted by Crippen LogP contribution is 2.24. The third-order valence-electron chi connectivity index (χ3n) is 3.91. The number of carbonyl (C=O) groups excluding carboxylic acids is 1. The molecule has 0 spiro atoms. The maximum Gasteiger partial charge on any atom is 0.270 e. The van der Waals surface area contributed by atoms with Gasteiger partial charge >= 0.3 is 0 Å². The van der Waals surface area contributed by atoms with Gasteiger partial charge in [0, 0.05) is 25.2 Å². The number of amides is 1. The molecule has 1 fully saturated rings. The average molecular weight is 246 g/mol. The average Bonchev–Trinajstić information content (AvgIpc) is 2.99. The molecule has 0 aliphatic heterocycles. The van der Waals surface area contributed by atoms with Crippen molar-refractivity contribution in [3.63, 3.8) is 0 Å². The van der Waals surface area contributed by atoms with Crippen LogP contribution in [0.3, 0.4) is 0 Å². The number of furan rings is 1. The molecule has 18 heavy (non-hydrogen) atoms. The van der Waals surface area contributed by atoms with Crippen LogP contribution < -0.4 is 0 Å². The second-order valence-electron chi connectivity index (χ2n) is 5.09. The van der Waals surface area contributed by atoms with E-state index in [1.54, 1.807) is 12.3 Å². The van der Waals surface area contributed by atoms with Gasteiger partial charge in [0.25, 0.3) is 5.91 Å². The Hall–Kier alpha value is -1.71. The van der Waals surface area contributed by atoms with Crippen LogP contribution in [-0.2, 0) is 0 Å². The van der Waals surface area contributed by atoms with Crippen molar-refractivity contribution >= 4 is 17.0 Å². The van der Waals surface area contributed by atoms with Gasteiger partial charge in [-0.15, -0.1) is 0 Å². The summed E-state index contributed by atoms with van der Waals surface area (Å²) in [5, 5.41) is 0. The minimum atomic E-state index is 0.0632. The van der Waals surface area contributed by atoms with Crippen molar-refractivity contribution in [3.8, 4) is 0 Å². The summed E-state index contributed by atoms with van der Waals surface area (Å²) in [6.45, 7) is 0. The van der Waals surface area contributed by atoms with Crippen molar-refractivity contribution in [1.82, 2.24) is 9.88 Å². The molecule has 0 bridgehead atoms. The van der Waals surface area contributed by atoms with Crippen LogP contribution in [0.2, 0.25) is 0 Å². The van der Waals surface area contributed by atoms with E-state index in [1.165, 1.54) is 19.3 Å². The first kappa shape index (κ1) is 11.4. The zero-order valence-corrected chi connectivity index (χ0v) is 10.6. The molecule has 2 aromatic rings. The summed E-state index contributed by atoms with van der Waals surface area (Å²) in [6, 6.07) is 4.02. The van der Waals surface area contributed by atoms with Crippen molar-refractivity contribution in [3.05, 3.63) is 24.1 Å². The summed E-state index contributed by atoms with van der Waals surface area (Å²) in [4.78, 5) is 17.4. The Balaban J connectivity index is 1.78. The van der Waals surface area contributed by atoms with Crippen LogP contribution in [0.5, 0.6) is 0 Å². The maximum absolute atomic E-state index is 12.4. The lowest BCUT2D eigenvalue weighted by Gasteiger charge is -2.30. The lowest BCUT2D eigenvalue weighted by molar-refractivity contribution is 0.0691. The van der Waals surface area contributed by atoms with Gasteiger partial charge in [0.2, 0.25) is 0 Å². The smallest absolute Gasteiger partial charge is 0.270 e. The SMILES string of the molecule is CN(C(=O)c1cc2occc2[nH]1)C1CCCCC1. The first-order valence-electron chi connectivity index (χ1n) is 6.59. The Morgan fingerprint density at radius 2 is 2.17 bits per heavy atom. The molecule has 0 radical (unpaired) electrons. The molecule has 2 heterocycles. The molecule has 2 aromatic heterocycles. The largest absolute Gasteiger partial charge is 0.463 e. The minimum Gasteiger partial charge on any atom is -0.463 e. The maximum atomic E-state index is 12.4. The van der Waals surface area contributed by atoms with Crippen LogP contribution >= 0.6 is 0 Å². The van der Waals surface area contributed by atoms with Crippen LogP contribution in [0.15, 0.2) is 22.8 Å².